The summed E-state index contributed by atoms with van der Waals surface area (Å²) in [6.07, 6.45) is 0.800. The van der Waals surface area contributed by atoms with Crippen LogP contribution in [0.25, 0.3) is 0 Å². The summed E-state index contributed by atoms with van der Waals surface area (Å²) in [5.41, 5.74) is -0.201. The van der Waals surface area contributed by atoms with Gasteiger partial charge in [0.1, 0.15) is 17.7 Å². The lowest BCUT2D eigenvalue weighted by molar-refractivity contribution is 0.513. The molecule has 80 valence electrons. The molecule has 1 atom stereocenters. The quantitative estimate of drug-likeness (QED) is 0.828. The van der Waals surface area contributed by atoms with Gasteiger partial charge in [-0.05, 0) is 25.1 Å². The molecule has 1 aromatic rings. The van der Waals surface area contributed by atoms with Crippen molar-refractivity contribution in [3.8, 4) is 6.07 Å². The topological polar surface area (TPSA) is 35.8 Å². The molecule has 15 heavy (non-hydrogen) atoms. The highest BCUT2D eigenvalue weighted by molar-refractivity contribution is 5.27. The molecule has 0 saturated carbocycles. The second kappa shape index (κ2) is 5.42. The standard InChI is InChI=1S/C11H12F2N2/c1-2-6-15-10(7-14)11-8(12)4-3-5-9(11)13/h3-5,10,15H,2,6H2,1H3. The summed E-state index contributed by atoms with van der Waals surface area (Å²) in [5.74, 6) is -1.38. The first-order valence-electron chi connectivity index (χ1n) is 4.77. The highest BCUT2D eigenvalue weighted by atomic mass is 19.1. The van der Waals surface area contributed by atoms with Crippen LogP contribution in [-0.4, -0.2) is 6.54 Å². The Labute approximate surface area is 87.5 Å². The predicted octanol–water partition coefficient (Wildman–Crippen LogP) is 2.53. The van der Waals surface area contributed by atoms with Crippen molar-refractivity contribution >= 4 is 0 Å². The van der Waals surface area contributed by atoms with Crippen LogP contribution in [0.2, 0.25) is 0 Å². The Morgan fingerprint density at radius 1 is 1.40 bits per heavy atom. The first-order chi connectivity index (χ1) is 7.20. The Morgan fingerprint density at radius 2 is 2.00 bits per heavy atom. The molecule has 0 heterocycles. The normalized spacial score (nSPS) is 12.1. The van der Waals surface area contributed by atoms with Crippen molar-refractivity contribution in [2.24, 2.45) is 0 Å². The molecular formula is C11H12F2N2. The van der Waals surface area contributed by atoms with Gasteiger partial charge in [-0.1, -0.05) is 13.0 Å². The average Bonchev–Trinajstić information content (AvgIpc) is 2.22. The Hall–Kier alpha value is -1.47. The van der Waals surface area contributed by atoms with Crippen molar-refractivity contribution in [3.63, 3.8) is 0 Å². The van der Waals surface area contributed by atoms with E-state index in [4.69, 9.17) is 5.26 Å². The second-order valence-corrected chi connectivity index (χ2v) is 3.15. The number of rotatable bonds is 4. The fourth-order valence-electron chi connectivity index (χ4n) is 1.29. The van der Waals surface area contributed by atoms with Gasteiger partial charge in [-0.15, -0.1) is 0 Å². The molecule has 0 aliphatic rings. The third-order valence-corrected chi connectivity index (χ3v) is 2.02. The molecule has 0 amide bonds. The number of benzene rings is 1. The monoisotopic (exact) mass is 210 g/mol. The third kappa shape index (κ3) is 2.74. The van der Waals surface area contributed by atoms with E-state index in [0.29, 0.717) is 6.54 Å². The minimum absolute atomic E-state index is 0.201. The van der Waals surface area contributed by atoms with E-state index in [0.717, 1.165) is 18.6 Å². The molecule has 0 saturated heterocycles. The van der Waals surface area contributed by atoms with Gasteiger partial charge in [0, 0.05) is 0 Å². The van der Waals surface area contributed by atoms with E-state index >= 15 is 0 Å². The molecule has 1 unspecified atom stereocenters. The van der Waals surface area contributed by atoms with Gasteiger partial charge in [0.2, 0.25) is 0 Å². The Morgan fingerprint density at radius 3 is 2.47 bits per heavy atom. The molecule has 4 heteroatoms. The number of hydrogen-bond acceptors (Lipinski definition) is 2. The number of nitrogens with zero attached hydrogens (tertiary/aromatic N) is 1. The third-order valence-electron chi connectivity index (χ3n) is 2.02. The van der Waals surface area contributed by atoms with Crippen LogP contribution >= 0.6 is 0 Å². The molecule has 0 aliphatic heterocycles. The maximum absolute atomic E-state index is 13.3. The van der Waals surface area contributed by atoms with Gasteiger partial charge in [-0.2, -0.15) is 5.26 Å². The first kappa shape index (κ1) is 11.6. The molecule has 1 N–H and O–H groups in total. The molecule has 2 nitrogen and oxygen atoms in total. The minimum Gasteiger partial charge on any atom is -0.298 e. The zero-order valence-electron chi connectivity index (χ0n) is 8.43. The molecule has 1 aromatic carbocycles. The maximum Gasteiger partial charge on any atom is 0.131 e. The lowest BCUT2D eigenvalue weighted by Crippen LogP contribution is -2.22. The number of halogens is 2. The van der Waals surface area contributed by atoms with E-state index in [1.165, 1.54) is 6.07 Å². The predicted molar refractivity (Wildman–Crippen MR) is 53.0 cm³/mol. The Kier molecular flexibility index (Phi) is 4.19. The van der Waals surface area contributed by atoms with Gasteiger partial charge >= 0.3 is 0 Å². The van der Waals surface area contributed by atoms with Gasteiger partial charge in [0.05, 0.1) is 11.6 Å². The van der Waals surface area contributed by atoms with E-state index in [2.05, 4.69) is 5.32 Å². The van der Waals surface area contributed by atoms with Crippen LogP contribution in [0.5, 0.6) is 0 Å². The number of nitrogens with one attached hydrogen (secondary N) is 1. The molecule has 0 spiro atoms. The van der Waals surface area contributed by atoms with Crippen LogP contribution in [-0.2, 0) is 0 Å². The summed E-state index contributed by atoms with van der Waals surface area (Å²) in [5, 5.41) is 11.6. The van der Waals surface area contributed by atoms with Gasteiger partial charge in [-0.3, -0.25) is 5.32 Å². The highest BCUT2D eigenvalue weighted by Crippen LogP contribution is 2.19. The lowest BCUT2D eigenvalue weighted by atomic mass is 10.1. The van der Waals surface area contributed by atoms with Crippen LogP contribution in [0.3, 0.4) is 0 Å². The van der Waals surface area contributed by atoms with Crippen LogP contribution in [0, 0.1) is 23.0 Å². The summed E-state index contributed by atoms with van der Waals surface area (Å²) in [4.78, 5) is 0. The van der Waals surface area contributed by atoms with Crippen molar-refractivity contribution in [1.82, 2.24) is 5.32 Å². The van der Waals surface area contributed by atoms with Gasteiger partial charge in [0.15, 0.2) is 0 Å². The summed E-state index contributed by atoms with van der Waals surface area (Å²) < 4.78 is 26.6. The average molecular weight is 210 g/mol. The Bertz CT molecular complexity index is 351. The summed E-state index contributed by atoms with van der Waals surface area (Å²) >= 11 is 0. The van der Waals surface area contributed by atoms with Crippen LogP contribution < -0.4 is 5.32 Å². The smallest absolute Gasteiger partial charge is 0.131 e. The van der Waals surface area contributed by atoms with E-state index in [9.17, 15) is 8.78 Å². The molecular weight excluding hydrogens is 198 g/mol. The zero-order chi connectivity index (χ0) is 11.3. The van der Waals surface area contributed by atoms with Gasteiger partial charge in [0.25, 0.3) is 0 Å². The van der Waals surface area contributed by atoms with Crippen LogP contribution in [0.1, 0.15) is 24.9 Å². The first-order valence-corrected chi connectivity index (χ1v) is 4.77. The molecule has 0 aromatic heterocycles. The zero-order valence-corrected chi connectivity index (χ0v) is 8.43. The fraction of sp³-hybridized carbons (Fsp3) is 0.364. The van der Waals surface area contributed by atoms with E-state index in [1.807, 2.05) is 13.0 Å². The van der Waals surface area contributed by atoms with Crippen molar-refractivity contribution in [1.29, 1.82) is 5.26 Å². The van der Waals surface area contributed by atoms with E-state index < -0.39 is 17.7 Å². The van der Waals surface area contributed by atoms with Crippen LogP contribution in [0.4, 0.5) is 8.78 Å². The minimum atomic E-state index is -0.925. The summed E-state index contributed by atoms with van der Waals surface area (Å²) in [6, 6.07) is 4.50. The Balaban J connectivity index is 2.97. The second-order valence-electron chi connectivity index (χ2n) is 3.15. The molecule has 1 rings (SSSR count). The summed E-state index contributed by atoms with van der Waals surface area (Å²) in [7, 11) is 0. The molecule has 0 bridgehead atoms. The van der Waals surface area contributed by atoms with Crippen LogP contribution in [0.15, 0.2) is 18.2 Å². The van der Waals surface area contributed by atoms with E-state index in [-0.39, 0.29) is 5.56 Å². The van der Waals surface area contributed by atoms with Gasteiger partial charge < -0.3 is 0 Å². The lowest BCUT2D eigenvalue weighted by Gasteiger charge is -2.12. The molecule has 0 aliphatic carbocycles. The van der Waals surface area contributed by atoms with Gasteiger partial charge in [-0.25, -0.2) is 8.78 Å². The summed E-state index contributed by atoms with van der Waals surface area (Å²) in [6.45, 7) is 2.46. The van der Waals surface area contributed by atoms with Crippen molar-refractivity contribution in [3.05, 3.63) is 35.4 Å². The van der Waals surface area contributed by atoms with Crippen molar-refractivity contribution in [2.75, 3.05) is 6.54 Å². The molecule has 0 fully saturated rings. The fourth-order valence-corrected chi connectivity index (χ4v) is 1.29. The SMILES string of the molecule is CCCNC(C#N)c1c(F)cccc1F. The van der Waals surface area contributed by atoms with Crippen molar-refractivity contribution < 1.29 is 8.78 Å². The highest BCUT2D eigenvalue weighted by Gasteiger charge is 2.18. The molecule has 0 radical (unpaired) electrons. The van der Waals surface area contributed by atoms with E-state index in [1.54, 1.807) is 0 Å². The number of hydrogen-bond donors (Lipinski definition) is 1. The van der Waals surface area contributed by atoms with Crippen molar-refractivity contribution in [2.45, 2.75) is 19.4 Å². The largest absolute Gasteiger partial charge is 0.298 e. The number of nitriles is 1. The maximum atomic E-state index is 13.3.